The molecule has 21 heavy (non-hydrogen) atoms. The second-order valence-corrected chi connectivity index (χ2v) is 4.83. The molecule has 0 atom stereocenters. The fraction of sp³-hybridized carbons (Fsp3) is 0.333. The van der Waals surface area contributed by atoms with Crippen molar-refractivity contribution >= 4 is 5.69 Å². The third-order valence-electron chi connectivity index (χ3n) is 3.18. The van der Waals surface area contributed by atoms with Gasteiger partial charge in [-0.3, -0.25) is 0 Å². The molecule has 0 unspecified atom stereocenters. The smallest absolute Gasteiger partial charge is 0.142 e. The number of para-hydroxylation sites is 1. The van der Waals surface area contributed by atoms with Gasteiger partial charge in [0.05, 0.1) is 18.9 Å². The summed E-state index contributed by atoms with van der Waals surface area (Å²) in [5, 5.41) is 3.44. The molecular weight excluding hydrogens is 262 g/mol. The molecule has 0 spiro atoms. The van der Waals surface area contributed by atoms with E-state index in [9.17, 15) is 0 Å². The van der Waals surface area contributed by atoms with Gasteiger partial charge < -0.3 is 14.8 Å². The van der Waals surface area contributed by atoms with Gasteiger partial charge in [0.15, 0.2) is 0 Å². The number of hydrogen-bond acceptors (Lipinski definition) is 3. The molecule has 0 bridgehead atoms. The van der Waals surface area contributed by atoms with Crippen LogP contribution >= 0.6 is 0 Å². The van der Waals surface area contributed by atoms with Crippen molar-refractivity contribution in [2.24, 2.45) is 0 Å². The molecule has 0 radical (unpaired) electrons. The van der Waals surface area contributed by atoms with Crippen molar-refractivity contribution in [3.05, 3.63) is 53.6 Å². The Kier molecular flexibility index (Phi) is 5.50. The van der Waals surface area contributed by atoms with E-state index in [2.05, 4.69) is 36.5 Å². The second-order valence-electron chi connectivity index (χ2n) is 4.83. The quantitative estimate of drug-likeness (QED) is 0.817. The monoisotopic (exact) mass is 285 g/mol. The summed E-state index contributed by atoms with van der Waals surface area (Å²) in [5.41, 5.74) is 3.34. The summed E-state index contributed by atoms with van der Waals surface area (Å²) in [7, 11) is 0. The Morgan fingerprint density at radius 1 is 0.905 bits per heavy atom. The zero-order valence-electron chi connectivity index (χ0n) is 13.0. The highest BCUT2D eigenvalue weighted by atomic mass is 16.5. The van der Waals surface area contributed by atoms with Crippen LogP contribution in [0.3, 0.4) is 0 Å². The van der Waals surface area contributed by atoms with Crippen LogP contribution in [0.5, 0.6) is 11.5 Å². The van der Waals surface area contributed by atoms with Crippen LogP contribution in [0.2, 0.25) is 0 Å². The number of hydrogen-bond donors (Lipinski definition) is 1. The maximum absolute atomic E-state index is 5.69. The van der Waals surface area contributed by atoms with Gasteiger partial charge in [0, 0.05) is 12.1 Å². The molecule has 0 amide bonds. The summed E-state index contributed by atoms with van der Waals surface area (Å²) in [4.78, 5) is 0. The first-order chi connectivity index (χ1) is 10.2. The highest BCUT2D eigenvalue weighted by Crippen LogP contribution is 2.27. The minimum atomic E-state index is 0.660. The largest absolute Gasteiger partial charge is 0.494 e. The second kappa shape index (κ2) is 7.58. The van der Waals surface area contributed by atoms with E-state index in [0.717, 1.165) is 22.7 Å². The lowest BCUT2D eigenvalue weighted by atomic mass is 10.1. The first kappa shape index (κ1) is 15.2. The summed E-state index contributed by atoms with van der Waals surface area (Å²) >= 11 is 0. The summed E-state index contributed by atoms with van der Waals surface area (Å²) in [5.74, 6) is 1.82. The average Bonchev–Trinajstić information content (AvgIpc) is 2.48. The van der Waals surface area contributed by atoms with Gasteiger partial charge in [0.2, 0.25) is 0 Å². The van der Waals surface area contributed by atoms with Crippen molar-refractivity contribution < 1.29 is 9.47 Å². The van der Waals surface area contributed by atoms with Crippen molar-refractivity contribution in [1.82, 2.24) is 0 Å². The van der Waals surface area contributed by atoms with Crippen LogP contribution in [0.1, 0.15) is 25.0 Å². The van der Waals surface area contributed by atoms with Crippen LogP contribution < -0.4 is 14.8 Å². The van der Waals surface area contributed by atoms with Gasteiger partial charge >= 0.3 is 0 Å². The van der Waals surface area contributed by atoms with E-state index in [1.807, 2.05) is 32.0 Å². The number of nitrogens with one attached hydrogen (secondary N) is 1. The molecule has 1 N–H and O–H groups in total. The lowest BCUT2D eigenvalue weighted by molar-refractivity contribution is 0.336. The van der Waals surface area contributed by atoms with Crippen LogP contribution in [0.25, 0.3) is 0 Å². The van der Waals surface area contributed by atoms with Crippen LogP contribution in [-0.2, 0) is 6.54 Å². The molecule has 3 nitrogen and oxygen atoms in total. The summed E-state index contributed by atoms with van der Waals surface area (Å²) < 4.78 is 11.3. The standard InChI is InChI=1S/C18H23NO2/c1-4-20-17-9-7-6-8-15(17)13-19-16-11-10-14(3)12-18(16)21-5-2/h6-12,19H,4-5,13H2,1-3H3. The molecule has 0 aliphatic rings. The Morgan fingerprint density at radius 3 is 2.38 bits per heavy atom. The first-order valence-corrected chi connectivity index (χ1v) is 7.42. The van der Waals surface area contributed by atoms with E-state index >= 15 is 0 Å². The fourth-order valence-corrected chi connectivity index (χ4v) is 2.19. The van der Waals surface area contributed by atoms with Crippen molar-refractivity contribution in [2.45, 2.75) is 27.3 Å². The first-order valence-electron chi connectivity index (χ1n) is 7.42. The molecule has 0 aliphatic heterocycles. The summed E-state index contributed by atoms with van der Waals surface area (Å²) in [6, 6.07) is 14.3. The molecule has 0 heterocycles. The van der Waals surface area contributed by atoms with Crippen LogP contribution in [0.4, 0.5) is 5.69 Å². The topological polar surface area (TPSA) is 30.5 Å². The predicted molar refractivity (Wildman–Crippen MR) is 87.3 cm³/mol. The lowest BCUT2D eigenvalue weighted by Crippen LogP contribution is -2.05. The van der Waals surface area contributed by atoms with E-state index in [4.69, 9.17) is 9.47 Å². The molecule has 2 rings (SSSR count). The van der Waals surface area contributed by atoms with Crippen molar-refractivity contribution in [1.29, 1.82) is 0 Å². The third kappa shape index (κ3) is 4.15. The van der Waals surface area contributed by atoms with E-state index in [0.29, 0.717) is 19.8 Å². The molecule has 0 saturated carbocycles. The van der Waals surface area contributed by atoms with Crippen molar-refractivity contribution in [3.8, 4) is 11.5 Å². The van der Waals surface area contributed by atoms with Crippen molar-refractivity contribution in [3.63, 3.8) is 0 Å². The lowest BCUT2D eigenvalue weighted by Gasteiger charge is -2.15. The SMILES string of the molecule is CCOc1ccccc1CNc1ccc(C)cc1OCC. The Balaban J connectivity index is 2.13. The minimum absolute atomic E-state index is 0.660. The Hall–Kier alpha value is -2.16. The number of aryl methyl sites for hydroxylation is 1. The van der Waals surface area contributed by atoms with Gasteiger partial charge in [-0.15, -0.1) is 0 Å². The summed E-state index contributed by atoms with van der Waals surface area (Å²) in [6.07, 6.45) is 0. The molecule has 3 heteroatoms. The van der Waals surface area contributed by atoms with Crippen LogP contribution in [0, 0.1) is 6.92 Å². The molecule has 0 saturated heterocycles. The van der Waals surface area contributed by atoms with E-state index in [1.54, 1.807) is 0 Å². The van der Waals surface area contributed by atoms with Gasteiger partial charge in [0.1, 0.15) is 11.5 Å². The van der Waals surface area contributed by atoms with E-state index in [-0.39, 0.29) is 0 Å². The number of ether oxygens (including phenoxy) is 2. The Bertz CT molecular complexity index is 581. The third-order valence-corrected chi connectivity index (χ3v) is 3.18. The van der Waals surface area contributed by atoms with Gasteiger partial charge in [-0.25, -0.2) is 0 Å². The predicted octanol–water partition coefficient (Wildman–Crippen LogP) is 4.40. The fourth-order valence-electron chi connectivity index (χ4n) is 2.19. The molecule has 2 aromatic rings. The van der Waals surface area contributed by atoms with E-state index < -0.39 is 0 Å². The van der Waals surface area contributed by atoms with Crippen molar-refractivity contribution in [2.75, 3.05) is 18.5 Å². The molecule has 112 valence electrons. The molecule has 0 aromatic heterocycles. The molecule has 2 aromatic carbocycles. The molecular formula is C18H23NO2. The molecule has 0 aliphatic carbocycles. The van der Waals surface area contributed by atoms with Gasteiger partial charge in [-0.2, -0.15) is 0 Å². The van der Waals surface area contributed by atoms with Crippen LogP contribution in [0.15, 0.2) is 42.5 Å². The zero-order valence-corrected chi connectivity index (χ0v) is 13.0. The Morgan fingerprint density at radius 2 is 1.62 bits per heavy atom. The van der Waals surface area contributed by atoms with Crippen LogP contribution in [-0.4, -0.2) is 13.2 Å². The Labute approximate surface area is 126 Å². The summed E-state index contributed by atoms with van der Waals surface area (Å²) in [6.45, 7) is 8.10. The number of benzene rings is 2. The highest BCUT2D eigenvalue weighted by molar-refractivity contribution is 5.58. The minimum Gasteiger partial charge on any atom is -0.494 e. The zero-order chi connectivity index (χ0) is 15.1. The maximum Gasteiger partial charge on any atom is 0.142 e. The number of anilines is 1. The maximum atomic E-state index is 5.69. The average molecular weight is 285 g/mol. The van der Waals surface area contributed by atoms with E-state index in [1.165, 1.54) is 5.56 Å². The number of rotatable bonds is 7. The van der Waals surface area contributed by atoms with Gasteiger partial charge in [0.25, 0.3) is 0 Å². The highest BCUT2D eigenvalue weighted by Gasteiger charge is 2.06. The van der Waals surface area contributed by atoms with Gasteiger partial charge in [-0.1, -0.05) is 24.3 Å². The normalized spacial score (nSPS) is 10.2. The van der Waals surface area contributed by atoms with Gasteiger partial charge in [-0.05, 0) is 44.5 Å². The molecule has 0 fully saturated rings.